The van der Waals surface area contributed by atoms with Crippen molar-refractivity contribution in [2.45, 2.75) is 11.7 Å². The van der Waals surface area contributed by atoms with Crippen molar-refractivity contribution in [1.82, 2.24) is 0 Å². The minimum absolute atomic E-state index is 0. The van der Waals surface area contributed by atoms with Crippen LogP contribution in [0.4, 0.5) is 8.78 Å². The Kier molecular flexibility index (Phi) is 5.49. The molecule has 1 N–H and O–H groups in total. The van der Waals surface area contributed by atoms with Gasteiger partial charge >= 0.3 is 40.8 Å². The van der Waals surface area contributed by atoms with Gasteiger partial charge in [0.05, 0.1) is 0 Å². The van der Waals surface area contributed by atoms with Crippen molar-refractivity contribution in [3.05, 3.63) is 0 Å². The van der Waals surface area contributed by atoms with E-state index < -0.39 is 27.8 Å². The van der Waals surface area contributed by atoms with E-state index >= 15 is 0 Å². The summed E-state index contributed by atoms with van der Waals surface area (Å²) >= 11 is 0. The SMILES string of the molecule is O=C(O)CC(F)(F)S(=O)(=O)[O-].[Na+]. The summed E-state index contributed by atoms with van der Waals surface area (Å²) in [6.07, 6.45) is -2.00. The second-order valence-corrected chi connectivity index (χ2v) is 3.17. The van der Waals surface area contributed by atoms with E-state index in [1.807, 2.05) is 0 Å². The Labute approximate surface area is 88.8 Å². The Balaban J connectivity index is 0. The molecule has 0 atom stereocenters. The van der Waals surface area contributed by atoms with Crippen molar-refractivity contribution < 1.29 is 61.2 Å². The standard InChI is InChI=1S/C3H4F2O5S.Na/c4-3(5,1-2(6)7)11(8,9)10;/h1H2,(H,6,7)(H,8,9,10);/q;+1/p-1. The van der Waals surface area contributed by atoms with Crippen LogP contribution in [-0.2, 0) is 14.9 Å². The molecule has 0 aromatic rings. The largest absolute Gasteiger partial charge is 1.00 e. The van der Waals surface area contributed by atoms with E-state index in [9.17, 15) is 26.5 Å². The zero-order valence-corrected chi connectivity index (χ0v) is 8.77. The van der Waals surface area contributed by atoms with Crippen LogP contribution >= 0.6 is 0 Å². The van der Waals surface area contributed by atoms with Gasteiger partial charge in [-0.2, -0.15) is 8.78 Å². The number of alkyl halides is 2. The van der Waals surface area contributed by atoms with E-state index in [-0.39, 0.29) is 29.6 Å². The molecular weight excluding hydrogens is 209 g/mol. The number of rotatable bonds is 3. The summed E-state index contributed by atoms with van der Waals surface area (Å²) in [6, 6.07) is 0. The Morgan fingerprint density at radius 2 is 1.83 bits per heavy atom. The van der Waals surface area contributed by atoms with Gasteiger partial charge in [-0.15, -0.1) is 0 Å². The van der Waals surface area contributed by atoms with Crippen molar-refractivity contribution >= 4 is 16.1 Å². The van der Waals surface area contributed by atoms with Crippen LogP contribution in [-0.4, -0.2) is 29.3 Å². The second-order valence-electron chi connectivity index (χ2n) is 1.66. The van der Waals surface area contributed by atoms with Gasteiger partial charge < -0.3 is 9.66 Å². The number of aliphatic carboxylic acids is 1. The van der Waals surface area contributed by atoms with Gasteiger partial charge in [0.2, 0.25) is 0 Å². The van der Waals surface area contributed by atoms with Crippen LogP contribution in [0, 0.1) is 0 Å². The van der Waals surface area contributed by atoms with Crippen molar-refractivity contribution in [2.24, 2.45) is 0 Å². The molecule has 9 heteroatoms. The maximum atomic E-state index is 11.9. The third kappa shape index (κ3) is 4.31. The number of carbonyl (C=O) groups is 1. The number of halogens is 2. The summed E-state index contributed by atoms with van der Waals surface area (Å²) in [7, 11) is -5.86. The molecule has 0 fully saturated rings. The molecule has 0 aromatic carbocycles. The first-order chi connectivity index (χ1) is 4.67. The molecule has 0 saturated heterocycles. The predicted molar refractivity (Wildman–Crippen MR) is 26.9 cm³/mol. The van der Waals surface area contributed by atoms with E-state index in [1.54, 1.807) is 0 Å². The molecule has 0 bridgehead atoms. The zero-order chi connectivity index (χ0) is 9.28. The van der Waals surface area contributed by atoms with Crippen LogP contribution in [0.5, 0.6) is 0 Å². The number of carboxylic acid groups (broad SMARTS) is 1. The average Bonchev–Trinajstić information content (AvgIpc) is 1.56. The van der Waals surface area contributed by atoms with Gasteiger partial charge in [-0.3, -0.25) is 4.79 Å². The molecule has 0 aliphatic carbocycles. The molecule has 0 aliphatic rings. The first-order valence-electron chi connectivity index (χ1n) is 2.22. The fourth-order valence-electron chi connectivity index (χ4n) is 0.264. The summed E-state index contributed by atoms with van der Waals surface area (Å²) in [6.45, 7) is 0. The van der Waals surface area contributed by atoms with Crippen LogP contribution in [0.25, 0.3) is 0 Å². The van der Waals surface area contributed by atoms with Crippen LogP contribution in [0.15, 0.2) is 0 Å². The Hall–Kier alpha value is 0.240. The molecule has 0 aromatic heterocycles. The quantitative estimate of drug-likeness (QED) is 0.388. The van der Waals surface area contributed by atoms with Crippen molar-refractivity contribution in [3.8, 4) is 0 Å². The third-order valence-electron chi connectivity index (χ3n) is 0.723. The van der Waals surface area contributed by atoms with Gasteiger partial charge in [-0.25, -0.2) is 8.42 Å². The van der Waals surface area contributed by atoms with Gasteiger partial charge in [-0.1, -0.05) is 0 Å². The van der Waals surface area contributed by atoms with Gasteiger partial charge in [0.1, 0.15) is 6.42 Å². The zero-order valence-electron chi connectivity index (χ0n) is 5.95. The van der Waals surface area contributed by atoms with Gasteiger partial charge in [0.25, 0.3) is 0 Å². The van der Waals surface area contributed by atoms with Crippen molar-refractivity contribution in [2.75, 3.05) is 0 Å². The van der Waals surface area contributed by atoms with Gasteiger partial charge in [0.15, 0.2) is 10.1 Å². The predicted octanol–water partition coefficient (Wildman–Crippen LogP) is -3.40. The first-order valence-corrected chi connectivity index (χ1v) is 3.63. The molecule has 0 radical (unpaired) electrons. The fourth-order valence-corrected chi connectivity index (χ4v) is 0.565. The van der Waals surface area contributed by atoms with Crippen molar-refractivity contribution in [3.63, 3.8) is 0 Å². The Bertz CT molecular complexity index is 260. The van der Waals surface area contributed by atoms with Gasteiger partial charge in [0, 0.05) is 0 Å². The number of hydrogen-bond acceptors (Lipinski definition) is 4. The molecule has 0 unspecified atom stereocenters. The van der Waals surface area contributed by atoms with Crippen LogP contribution in [0.2, 0.25) is 0 Å². The molecule has 0 saturated carbocycles. The molecule has 0 spiro atoms. The molecule has 0 heterocycles. The van der Waals surface area contributed by atoms with E-state index in [0.29, 0.717) is 0 Å². The van der Waals surface area contributed by atoms with E-state index in [2.05, 4.69) is 0 Å². The normalized spacial score (nSPS) is 11.9. The monoisotopic (exact) mass is 212 g/mol. The summed E-state index contributed by atoms with van der Waals surface area (Å²) < 4.78 is 52.7. The van der Waals surface area contributed by atoms with Crippen LogP contribution in [0.3, 0.4) is 0 Å². The third-order valence-corrected chi connectivity index (χ3v) is 1.60. The summed E-state index contributed by atoms with van der Waals surface area (Å²) in [5.41, 5.74) is 0. The summed E-state index contributed by atoms with van der Waals surface area (Å²) in [5, 5.41) is 3.01. The van der Waals surface area contributed by atoms with Gasteiger partial charge in [-0.05, 0) is 0 Å². The topological polar surface area (TPSA) is 94.5 Å². The maximum Gasteiger partial charge on any atom is 1.00 e. The number of hydrogen-bond donors (Lipinski definition) is 1. The minimum Gasteiger partial charge on any atom is -0.743 e. The van der Waals surface area contributed by atoms with E-state index in [1.165, 1.54) is 0 Å². The molecule has 0 aliphatic heterocycles. The number of carboxylic acids is 1. The van der Waals surface area contributed by atoms with E-state index in [4.69, 9.17) is 5.11 Å². The van der Waals surface area contributed by atoms with Crippen LogP contribution < -0.4 is 29.6 Å². The smallest absolute Gasteiger partial charge is 0.743 e. The molecule has 0 rings (SSSR count). The Morgan fingerprint density at radius 3 is 1.92 bits per heavy atom. The minimum atomic E-state index is -5.86. The van der Waals surface area contributed by atoms with Crippen molar-refractivity contribution in [1.29, 1.82) is 0 Å². The summed E-state index contributed by atoms with van der Waals surface area (Å²) in [5.74, 6) is -2.05. The second kappa shape index (κ2) is 4.47. The average molecular weight is 212 g/mol. The summed E-state index contributed by atoms with van der Waals surface area (Å²) in [4.78, 5) is 9.58. The molecule has 12 heavy (non-hydrogen) atoms. The molecule has 66 valence electrons. The van der Waals surface area contributed by atoms with Crippen LogP contribution in [0.1, 0.15) is 6.42 Å². The first kappa shape index (κ1) is 14.7. The Morgan fingerprint density at radius 1 is 1.50 bits per heavy atom. The van der Waals surface area contributed by atoms with E-state index in [0.717, 1.165) is 0 Å². The molecular formula is C3H3F2NaO5S. The maximum absolute atomic E-state index is 11.9. The molecule has 0 amide bonds. The fraction of sp³-hybridized carbons (Fsp3) is 0.667. The molecule has 5 nitrogen and oxygen atoms in total.